The molecule has 0 aliphatic heterocycles. The Morgan fingerprint density at radius 3 is 0.797 bits per heavy atom. The van der Waals surface area contributed by atoms with Crippen LogP contribution in [0.25, 0.3) is 0 Å². The summed E-state index contributed by atoms with van der Waals surface area (Å²) in [6, 6.07) is 0. The van der Waals surface area contributed by atoms with Crippen molar-refractivity contribution < 1.29 is 28.6 Å². The summed E-state index contributed by atoms with van der Waals surface area (Å²) in [5.41, 5.74) is 0. The van der Waals surface area contributed by atoms with Crippen molar-refractivity contribution in [2.45, 2.75) is 258 Å². The summed E-state index contributed by atoms with van der Waals surface area (Å²) in [5, 5.41) is 0. The molecule has 0 aliphatic rings. The van der Waals surface area contributed by atoms with Gasteiger partial charge in [0.2, 0.25) is 0 Å². The summed E-state index contributed by atoms with van der Waals surface area (Å²) in [5.74, 6) is -0.992. The largest absolute Gasteiger partial charge is 0.462 e. The maximum atomic E-state index is 12.9. The second-order valence-electron chi connectivity index (χ2n) is 20.2. The van der Waals surface area contributed by atoms with Gasteiger partial charge in [0.05, 0.1) is 0 Å². The van der Waals surface area contributed by atoms with Crippen LogP contribution in [0.15, 0.2) is 170 Å². The van der Waals surface area contributed by atoms with Crippen molar-refractivity contribution >= 4 is 17.9 Å². The van der Waals surface area contributed by atoms with Crippen LogP contribution in [0, 0.1) is 0 Å². The van der Waals surface area contributed by atoms with Crippen LogP contribution in [-0.4, -0.2) is 37.2 Å². The van der Waals surface area contributed by atoms with E-state index in [1.807, 2.05) is 0 Å². The molecule has 0 heterocycles. The Morgan fingerprint density at radius 1 is 0.266 bits per heavy atom. The van der Waals surface area contributed by atoms with Gasteiger partial charge in [-0.1, -0.05) is 255 Å². The maximum Gasteiger partial charge on any atom is 0.306 e. The van der Waals surface area contributed by atoms with Crippen molar-refractivity contribution in [1.82, 2.24) is 0 Å². The molecule has 442 valence electrons. The fourth-order valence-corrected chi connectivity index (χ4v) is 7.91. The molecular weight excluding hydrogens is 973 g/mol. The molecule has 0 spiro atoms. The van der Waals surface area contributed by atoms with E-state index in [1.54, 1.807) is 0 Å². The van der Waals surface area contributed by atoms with Crippen LogP contribution < -0.4 is 0 Å². The fourth-order valence-electron chi connectivity index (χ4n) is 7.91. The molecule has 0 aromatic rings. The van der Waals surface area contributed by atoms with Crippen molar-refractivity contribution in [3.05, 3.63) is 170 Å². The summed E-state index contributed by atoms with van der Waals surface area (Å²) < 4.78 is 16.8. The Balaban J connectivity index is 4.41. The van der Waals surface area contributed by atoms with E-state index in [9.17, 15) is 14.4 Å². The van der Waals surface area contributed by atoms with Crippen molar-refractivity contribution in [3.63, 3.8) is 0 Å². The molecule has 6 nitrogen and oxygen atoms in total. The van der Waals surface area contributed by atoms with E-state index in [-0.39, 0.29) is 37.5 Å². The van der Waals surface area contributed by atoms with Crippen LogP contribution in [-0.2, 0) is 28.6 Å². The van der Waals surface area contributed by atoms with Gasteiger partial charge in [-0.2, -0.15) is 0 Å². The number of rotatable bonds is 55. The molecule has 1 atom stereocenters. The third kappa shape index (κ3) is 63.5. The lowest BCUT2D eigenvalue weighted by Gasteiger charge is -2.18. The van der Waals surface area contributed by atoms with Crippen LogP contribution in [0.4, 0.5) is 0 Å². The van der Waals surface area contributed by atoms with Crippen molar-refractivity contribution in [2.24, 2.45) is 0 Å². The minimum absolute atomic E-state index is 0.112. The number of ether oxygens (including phenoxy) is 3. The standard InChI is InChI=1S/C73H114O6/c1-4-7-10-13-16-19-22-25-28-29-30-31-32-33-34-35-36-37-38-39-40-41-42-43-44-45-46-49-51-54-57-60-63-66-72(75)78-69-70(79-73(76)67-64-61-58-55-52-48-27-24-21-18-15-12-9-6-3)68-77-71(74)65-62-59-56-53-50-47-26-23-20-17-14-11-8-5-2/h7,10,14-19,23-28,30-31,33-34,36-37,39-40,42-43,45-46,51,54,70H,4-6,8-9,11-13,20-22,29,32,35,38,41,44,47-50,52-53,55-69H2,1-3H3/b10-7-,17-14-,18-15-,19-16-,26-23-,27-24-,28-25-,31-30-,34-33-,37-36-,40-39-,43-42-,46-45-,54-51-. The lowest BCUT2D eigenvalue weighted by molar-refractivity contribution is -0.167. The molecule has 6 heteroatoms. The second kappa shape index (κ2) is 65.3. The third-order valence-corrected chi connectivity index (χ3v) is 12.7. The second-order valence-corrected chi connectivity index (χ2v) is 20.2. The predicted molar refractivity (Wildman–Crippen MR) is 343 cm³/mol. The smallest absolute Gasteiger partial charge is 0.306 e. The average molecular weight is 1090 g/mol. The Morgan fingerprint density at radius 2 is 0.494 bits per heavy atom. The van der Waals surface area contributed by atoms with Gasteiger partial charge in [0.1, 0.15) is 13.2 Å². The normalized spacial score (nSPS) is 13.3. The highest BCUT2D eigenvalue weighted by molar-refractivity contribution is 5.71. The van der Waals surface area contributed by atoms with E-state index in [2.05, 4.69) is 191 Å². The molecule has 0 bridgehead atoms. The average Bonchev–Trinajstić information content (AvgIpc) is 3.45. The number of carbonyl (C=O) groups is 3. The summed E-state index contributed by atoms with van der Waals surface area (Å²) >= 11 is 0. The lowest BCUT2D eigenvalue weighted by atomic mass is 10.1. The van der Waals surface area contributed by atoms with Crippen LogP contribution >= 0.6 is 0 Å². The number of carbonyl (C=O) groups excluding carboxylic acids is 3. The van der Waals surface area contributed by atoms with E-state index < -0.39 is 6.10 Å². The maximum absolute atomic E-state index is 12.9. The number of allylic oxidation sites excluding steroid dienone is 28. The van der Waals surface area contributed by atoms with Gasteiger partial charge in [0.15, 0.2) is 6.10 Å². The van der Waals surface area contributed by atoms with E-state index in [4.69, 9.17) is 14.2 Å². The first-order valence-corrected chi connectivity index (χ1v) is 31.6. The minimum Gasteiger partial charge on any atom is -0.462 e. The van der Waals surface area contributed by atoms with E-state index in [1.165, 1.54) is 38.5 Å². The molecule has 0 rings (SSSR count). The van der Waals surface area contributed by atoms with Crippen molar-refractivity contribution in [1.29, 1.82) is 0 Å². The first kappa shape index (κ1) is 73.8. The number of unbranched alkanes of at least 4 members (excludes halogenated alkanes) is 16. The van der Waals surface area contributed by atoms with E-state index >= 15 is 0 Å². The topological polar surface area (TPSA) is 78.9 Å². The van der Waals surface area contributed by atoms with Crippen LogP contribution in [0.2, 0.25) is 0 Å². The zero-order valence-corrected chi connectivity index (χ0v) is 50.6. The molecule has 0 saturated carbocycles. The Bertz CT molecular complexity index is 1820. The van der Waals surface area contributed by atoms with Gasteiger partial charge in [0.25, 0.3) is 0 Å². The van der Waals surface area contributed by atoms with Crippen LogP contribution in [0.5, 0.6) is 0 Å². The molecule has 0 aliphatic carbocycles. The minimum atomic E-state index is -0.818. The summed E-state index contributed by atoms with van der Waals surface area (Å²) in [6.07, 6.45) is 96.4. The number of hydrogen-bond acceptors (Lipinski definition) is 6. The SMILES string of the molecule is CC/C=C\C/C=C\C/C=C\C/C=C\C/C=C\C/C=C\C/C=C\C/C=C\C/C=C\C/C=C\CCCCC(=O)OCC(COC(=O)CCCCCCC/C=C\C/C=C\CCCC)OC(=O)CCCCCCC/C=C\C/C=C\CCCC. The molecule has 0 saturated heterocycles. The predicted octanol–water partition coefficient (Wildman–Crippen LogP) is 21.9. The molecule has 0 fully saturated rings. The number of hydrogen-bond donors (Lipinski definition) is 0. The highest BCUT2D eigenvalue weighted by atomic mass is 16.6. The van der Waals surface area contributed by atoms with Gasteiger partial charge < -0.3 is 14.2 Å². The molecule has 1 unspecified atom stereocenters. The van der Waals surface area contributed by atoms with E-state index in [0.717, 1.165) is 167 Å². The van der Waals surface area contributed by atoms with Crippen molar-refractivity contribution in [2.75, 3.05) is 13.2 Å². The van der Waals surface area contributed by atoms with Crippen LogP contribution in [0.3, 0.4) is 0 Å². The van der Waals surface area contributed by atoms with Gasteiger partial charge in [-0.05, 0) is 148 Å². The summed E-state index contributed by atoms with van der Waals surface area (Å²) in [4.78, 5) is 38.2. The zero-order chi connectivity index (χ0) is 57.1. The first-order chi connectivity index (χ1) is 39.0. The monoisotopic (exact) mass is 1090 g/mol. The zero-order valence-electron chi connectivity index (χ0n) is 50.6. The van der Waals surface area contributed by atoms with Crippen LogP contribution in [0.1, 0.15) is 252 Å². The molecular formula is C73H114O6. The number of esters is 3. The molecule has 0 aromatic heterocycles. The van der Waals surface area contributed by atoms with Gasteiger partial charge in [0, 0.05) is 19.3 Å². The van der Waals surface area contributed by atoms with E-state index in [0.29, 0.717) is 19.3 Å². The van der Waals surface area contributed by atoms with Gasteiger partial charge in [-0.15, -0.1) is 0 Å². The Labute approximate surface area is 485 Å². The lowest BCUT2D eigenvalue weighted by Crippen LogP contribution is -2.30. The van der Waals surface area contributed by atoms with Crippen molar-refractivity contribution in [3.8, 4) is 0 Å². The summed E-state index contributed by atoms with van der Waals surface area (Å²) in [7, 11) is 0. The summed E-state index contributed by atoms with van der Waals surface area (Å²) in [6.45, 7) is 6.37. The molecule has 0 aromatic carbocycles. The third-order valence-electron chi connectivity index (χ3n) is 12.7. The highest BCUT2D eigenvalue weighted by Gasteiger charge is 2.19. The molecule has 0 N–H and O–H groups in total. The Hall–Kier alpha value is -5.23. The quantitative estimate of drug-likeness (QED) is 0.0261. The van der Waals surface area contributed by atoms with Gasteiger partial charge in [-0.3, -0.25) is 14.4 Å². The first-order valence-electron chi connectivity index (χ1n) is 31.6. The highest BCUT2D eigenvalue weighted by Crippen LogP contribution is 2.13. The Kier molecular flexibility index (Phi) is 61.0. The fraction of sp³-hybridized carbons (Fsp3) is 0.575. The molecule has 0 amide bonds. The van der Waals surface area contributed by atoms with Gasteiger partial charge >= 0.3 is 17.9 Å². The molecule has 0 radical (unpaired) electrons. The van der Waals surface area contributed by atoms with Gasteiger partial charge in [-0.25, -0.2) is 0 Å². The molecule has 79 heavy (non-hydrogen) atoms.